The Labute approximate surface area is 104 Å². The number of thioether (sulfide) groups is 1. The van der Waals surface area contributed by atoms with Crippen LogP contribution in [-0.4, -0.2) is 35.0 Å². The van der Waals surface area contributed by atoms with Crippen LogP contribution in [0.15, 0.2) is 24.3 Å². The van der Waals surface area contributed by atoms with E-state index in [2.05, 4.69) is 5.32 Å². The lowest BCUT2D eigenvalue weighted by molar-refractivity contribution is 0.0696. The molecule has 92 valence electrons. The molecule has 1 atom stereocenters. The van der Waals surface area contributed by atoms with Gasteiger partial charge in [-0.25, -0.2) is 4.79 Å². The zero-order chi connectivity index (χ0) is 12.8. The van der Waals surface area contributed by atoms with Crippen LogP contribution in [0.25, 0.3) is 0 Å². The maximum absolute atomic E-state index is 11.7. The number of carbonyl (C=O) groups excluding carboxylic acids is 1. The van der Waals surface area contributed by atoms with Crippen LogP contribution in [0.3, 0.4) is 0 Å². The number of nitrogens with one attached hydrogen (secondary N) is 1. The van der Waals surface area contributed by atoms with E-state index in [1.165, 1.54) is 24.3 Å². The Morgan fingerprint density at radius 1 is 1.29 bits per heavy atom. The highest BCUT2D eigenvalue weighted by atomic mass is 32.2. The summed E-state index contributed by atoms with van der Waals surface area (Å²) >= 11 is 1.66. The van der Waals surface area contributed by atoms with Gasteiger partial charge in [0.05, 0.1) is 5.56 Å². The minimum atomic E-state index is -0.993. The number of aromatic carboxylic acids is 1. The quantitative estimate of drug-likeness (QED) is 0.840. The van der Waals surface area contributed by atoms with Crippen LogP contribution >= 0.6 is 11.8 Å². The molecule has 0 saturated carbocycles. The van der Waals surface area contributed by atoms with Gasteiger partial charge in [-0.05, 0) is 37.4 Å². The molecule has 1 unspecified atom stereocenters. The summed E-state index contributed by atoms with van der Waals surface area (Å²) in [5.74, 6) is -0.324. The van der Waals surface area contributed by atoms with Crippen molar-refractivity contribution < 1.29 is 14.7 Å². The monoisotopic (exact) mass is 253 g/mol. The number of benzene rings is 1. The number of hydrogen-bond donors (Lipinski definition) is 2. The number of hydrogen-bond acceptors (Lipinski definition) is 3. The van der Waals surface area contributed by atoms with E-state index in [0.29, 0.717) is 5.56 Å². The first-order valence-corrected chi connectivity index (χ1v) is 6.57. The standard InChI is InChI=1S/C12H15NO3S/c1-8(7-17-2)13-11(14)9-3-5-10(6-4-9)12(15)16/h3-6,8H,7H2,1-2H3,(H,13,14)(H,15,16). The summed E-state index contributed by atoms with van der Waals surface area (Å²) in [5.41, 5.74) is 0.654. The smallest absolute Gasteiger partial charge is 0.335 e. The predicted molar refractivity (Wildman–Crippen MR) is 68.7 cm³/mol. The lowest BCUT2D eigenvalue weighted by atomic mass is 10.1. The number of rotatable bonds is 5. The molecule has 2 N–H and O–H groups in total. The van der Waals surface area contributed by atoms with Crippen molar-refractivity contribution in [3.05, 3.63) is 35.4 Å². The minimum Gasteiger partial charge on any atom is -0.478 e. The second-order valence-electron chi connectivity index (χ2n) is 3.71. The number of carboxylic acids is 1. The Balaban J connectivity index is 2.66. The van der Waals surface area contributed by atoms with Gasteiger partial charge in [-0.15, -0.1) is 0 Å². The predicted octanol–water partition coefficient (Wildman–Crippen LogP) is 1.87. The van der Waals surface area contributed by atoms with Crippen molar-refractivity contribution in [2.45, 2.75) is 13.0 Å². The molecule has 0 heterocycles. The molecular weight excluding hydrogens is 238 g/mol. The highest BCUT2D eigenvalue weighted by Crippen LogP contribution is 2.05. The summed E-state index contributed by atoms with van der Waals surface area (Å²) in [6.07, 6.45) is 1.98. The third kappa shape index (κ3) is 4.11. The van der Waals surface area contributed by atoms with Gasteiger partial charge in [0.15, 0.2) is 0 Å². The van der Waals surface area contributed by atoms with Gasteiger partial charge in [-0.3, -0.25) is 4.79 Å². The molecule has 1 amide bonds. The topological polar surface area (TPSA) is 66.4 Å². The average Bonchev–Trinajstić information content (AvgIpc) is 2.29. The lowest BCUT2D eigenvalue weighted by Gasteiger charge is -2.12. The normalized spacial score (nSPS) is 11.9. The van der Waals surface area contributed by atoms with Crippen molar-refractivity contribution in [3.8, 4) is 0 Å². The molecule has 0 aliphatic carbocycles. The third-order valence-electron chi connectivity index (χ3n) is 2.19. The molecule has 0 aliphatic heterocycles. The number of carboxylic acid groups (broad SMARTS) is 1. The van der Waals surface area contributed by atoms with Gasteiger partial charge in [0.2, 0.25) is 0 Å². The van der Waals surface area contributed by atoms with Crippen LogP contribution in [0.2, 0.25) is 0 Å². The van der Waals surface area contributed by atoms with Gasteiger partial charge in [-0.2, -0.15) is 11.8 Å². The van der Waals surface area contributed by atoms with E-state index >= 15 is 0 Å². The van der Waals surface area contributed by atoms with E-state index in [1.54, 1.807) is 11.8 Å². The minimum absolute atomic E-state index is 0.0941. The second-order valence-corrected chi connectivity index (χ2v) is 4.62. The molecule has 0 bridgehead atoms. The molecule has 0 radical (unpaired) electrons. The maximum atomic E-state index is 11.7. The van der Waals surface area contributed by atoms with Crippen molar-refractivity contribution >= 4 is 23.6 Å². The van der Waals surface area contributed by atoms with Gasteiger partial charge >= 0.3 is 5.97 Å². The van der Waals surface area contributed by atoms with Crippen molar-refractivity contribution in [2.75, 3.05) is 12.0 Å². The fourth-order valence-electron chi connectivity index (χ4n) is 1.36. The van der Waals surface area contributed by atoms with E-state index in [9.17, 15) is 9.59 Å². The molecule has 0 aromatic heterocycles. The van der Waals surface area contributed by atoms with Crippen LogP contribution in [0, 0.1) is 0 Å². The first-order chi connectivity index (χ1) is 8.04. The van der Waals surface area contributed by atoms with Gasteiger partial charge in [-0.1, -0.05) is 0 Å². The Kier molecular flexibility index (Phi) is 5.03. The molecule has 0 saturated heterocycles. The zero-order valence-corrected chi connectivity index (χ0v) is 10.6. The number of carbonyl (C=O) groups is 2. The van der Waals surface area contributed by atoms with E-state index in [4.69, 9.17) is 5.11 Å². The van der Waals surface area contributed by atoms with Crippen LogP contribution in [0.1, 0.15) is 27.6 Å². The van der Waals surface area contributed by atoms with Crippen molar-refractivity contribution in [3.63, 3.8) is 0 Å². The summed E-state index contributed by atoms with van der Waals surface area (Å²) < 4.78 is 0. The van der Waals surface area contributed by atoms with Gasteiger partial charge in [0.1, 0.15) is 0 Å². The molecule has 17 heavy (non-hydrogen) atoms. The molecule has 0 aliphatic rings. The van der Waals surface area contributed by atoms with E-state index < -0.39 is 5.97 Å². The summed E-state index contributed by atoms with van der Waals surface area (Å²) in [6.45, 7) is 1.93. The molecule has 1 aromatic rings. The zero-order valence-electron chi connectivity index (χ0n) is 9.77. The van der Waals surface area contributed by atoms with Crippen molar-refractivity contribution in [1.82, 2.24) is 5.32 Å². The molecule has 1 aromatic carbocycles. The van der Waals surface area contributed by atoms with Gasteiger partial charge in [0.25, 0.3) is 5.91 Å². The average molecular weight is 253 g/mol. The third-order valence-corrected chi connectivity index (χ3v) is 3.02. The second kappa shape index (κ2) is 6.30. The Hall–Kier alpha value is -1.49. The highest BCUT2D eigenvalue weighted by Gasteiger charge is 2.10. The molecule has 0 fully saturated rings. The maximum Gasteiger partial charge on any atom is 0.335 e. The van der Waals surface area contributed by atoms with Crippen LogP contribution in [-0.2, 0) is 0 Å². The van der Waals surface area contributed by atoms with Crippen molar-refractivity contribution in [1.29, 1.82) is 0 Å². The van der Waals surface area contributed by atoms with Crippen LogP contribution in [0.5, 0.6) is 0 Å². The molecule has 1 rings (SSSR count). The fourth-order valence-corrected chi connectivity index (χ4v) is 1.95. The Morgan fingerprint density at radius 3 is 2.29 bits per heavy atom. The fraction of sp³-hybridized carbons (Fsp3) is 0.333. The molecule has 4 nitrogen and oxygen atoms in total. The van der Waals surface area contributed by atoms with Gasteiger partial charge < -0.3 is 10.4 Å². The Morgan fingerprint density at radius 2 is 1.82 bits per heavy atom. The lowest BCUT2D eigenvalue weighted by Crippen LogP contribution is -2.34. The summed E-state index contributed by atoms with van der Waals surface area (Å²) in [5, 5.41) is 11.6. The van der Waals surface area contributed by atoms with Gasteiger partial charge in [0, 0.05) is 17.4 Å². The summed E-state index contributed by atoms with van der Waals surface area (Å²) in [4.78, 5) is 22.4. The SMILES string of the molecule is CSCC(C)NC(=O)c1ccc(C(=O)O)cc1. The molecule has 5 heteroatoms. The summed E-state index contributed by atoms with van der Waals surface area (Å²) in [6, 6.07) is 5.99. The number of amides is 1. The first kappa shape index (κ1) is 13.6. The molecule has 0 spiro atoms. The summed E-state index contributed by atoms with van der Waals surface area (Å²) in [7, 11) is 0. The first-order valence-electron chi connectivity index (χ1n) is 5.17. The van der Waals surface area contributed by atoms with E-state index in [0.717, 1.165) is 5.75 Å². The largest absolute Gasteiger partial charge is 0.478 e. The van der Waals surface area contributed by atoms with Crippen LogP contribution < -0.4 is 5.32 Å². The van der Waals surface area contributed by atoms with Crippen LogP contribution in [0.4, 0.5) is 0 Å². The van der Waals surface area contributed by atoms with Crippen molar-refractivity contribution in [2.24, 2.45) is 0 Å². The molecular formula is C12H15NO3S. The highest BCUT2D eigenvalue weighted by molar-refractivity contribution is 7.98. The van der Waals surface area contributed by atoms with E-state index in [1.807, 2.05) is 13.2 Å². The van der Waals surface area contributed by atoms with E-state index in [-0.39, 0.29) is 17.5 Å². The Bertz CT molecular complexity index is 403.